The number of carbonyl (C=O) groups is 1. The van der Waals surface area contributed by atoms with Crippen LogP contribution in [-0.2, 0) is 4.79 Å². The molecule has 0 saturated heterocycles. The zero-order valence-corrected chi connectivity index (χ0v) is 9.85. The number of hydrogen-bond acceptors (Lipinski definition) is 2. The van der Waals surface area contributed by atoms with Gasteiger partial charge < -0.3 is 9.84 Å². The monoisotopic (exact) mass is 232 g/mol. The molecule has 1 saturated carbocycles. The van der Waals surface area contributed by atoms with Gasteiger partial charge in [-0.25, -0.2) is 4.79 Å². The van der Waals surface area contributed by atoms with Crippen LogP contribution in [0.1, 0.15) is 24.8 Å². The molecule has 0 radical (unpaired) electrons. The Morgan fingerprint density at radius 1 is 1.41 bits per heavy atom. The second-order valence-corrected chi connectivity index (χ2v) is 4.27. The van der Waals surface area contributed by atoms with Crippen molar-refractivity contribution in [3.05, 3.63) is 35.9 Å². The number of carboxylic acid groups (broad SMARTS) is 1. The average molecular weight is 232 g/mol. The topological polar surface area (TPSA) is 46.5 Å². The Balaban J connectivity index is 2.41. The SMILES string of the molecule is COc1ccccc1/C(=C/C(=O)O)C1CCC1. The summed E-state index contributed by atoms with van der Waals surface area (Å²) in [5.41, 5.74) is 1.79. The van der Waals surface area contributed by atoms with Gasteiger partial charge in [-0.15, -0.1) is 0 Å². The van der Waals surface area contributed by atoms with Gasteiger partial charge in [-0.05, 0) is 30.4 Å². The lowest BCUT2D eigenvalue weighted by Gasteiger charge is -2.29. The molecule has 1 fully saturated rings. The van der Waals surface area contributed by atoms with E-state index in [0.717, 1.165) is 29.7 Å². The van der Waals surface area contributed by atoms with Crippen LogP contribution in [-0.4, -0.2) is 18.2 Å². The van der Waals surface area contributed by atoms with Gasteiger partial charge in [-0.3, -0.25) is 0 Å². The molecule has 1 aliphatic carbocycles. The van der Waals surface area contributed by atoms with Crippen LogP contribution in [0.5, 0.6) is 5.75 Å². The normalized spacial score (nSPS) is 16.4. The van der Waals surface area contributed by atoms with E-state index in [1.165, 1.54) is 12.5 Å². The molecular weight excluding hydrogens is 216 g/mol. The largest absolute Gasteiger partial charge is 0.496 e. The Labute approximate surface area is 101 Å². The summed E-state index contributed by atoms with van der Waals surface area (Å²) < 4.78 is 5.29. The number of para-hydroxylation sites is 1. The van der Waals surface area contributed by atoms with Crippen molar-refractivity contribution in [2.45, 2.75) is 19.3 Å². The van der Waals surface area contributed by atoms with Gasteiger partial charge in [0, 0.05) is 11.6 Å². The second-order valence-electron chi connectivity index (χ2n) is 4.27. The lowest BCUT2D eigenvalue weighted by atomic mass is 9.76. The third-order valence-corrected chi connectivity index (χ3v) is 3.24. The van der Waals surface area contributed by atoms with Gasteiger partial charge in [-0.2, -0.15) is 0 Å². The summed E-state index contributed by atoms with van der Waals surface area (Å²) in [7, 11) is 1.61. The average Bonchev–Trinajstić information content (AvgIpc) is 2.25. The van der Waals surface area contributed by atoms with Crippen LogP contribution in [0.3, 0.4) is 0 Å². The molecule has 0 bridgehead atoms. The van der Waals surface area contributed by atoms with Crippen LogP contribution in [0.2, 0.25) is 0 Å². The molecule has 0 heterocycles. The quantitative estimate of drug-likeness (QED) is 0.812. The van der Waals surface area contributed by atoms with E-state index in [0.29, 0.717) is 5.92 Å². The van der Waals surface area contributed by atoms with Crippen molar-refractivity contribution < 1.29 is 14.6 Å². The fraction of sp³-hybridized carbons (Fsp3) is 0.357. The van der Waals surface area contributed by atoms with Crippen LogP contribution >= 0.6 is 0 Å². The van der Waals surface area contributed by atoms with Gasteiger partial charge in [0.25, 0.3) is 0 Å². The molecule has 3 heteroatoms. The second kappa shape index (κ2) is 5.04. The fourth-order valence-corrected chi connectivity index (χ4v) is 2.15. The molecule has 1 N–H and O–H groups in total. The minimum atomic E-state index is -0.891. The van der Waals surface area contributed by atoms with Gasteiger partial charge in [0.2, 0.25) is 0 Å². The van der Waals surface area contributed by atoms with Crippen molar-refractivity contribution in [2.24, 2.45) is 5.92 Å². The number of hydrogen-bond donors (Lipinski definition) is 1. The molecule has 1 aromatic rings. The third kappa shape index (κ3) is 2.49. The summed E-state index contributed by atoms with van der Waals surface area (Å²) >= 11 is 0. The van der Waals surface area contributed by atoms with Gasteiger partial charge >= 0.3 is 5.97 Å². The maximum atomic E-state index is 10.9. The van der Waals surface area contributed by atoms with E-state index in [4.69, 9.17) is 9.84 Å². The van der Waals surface area contributed by atoms with Crippen molar-refractivity contribution >= 4 is 11.5 Å². The summed E-state index contributed by atoms with van der Waals surface area (Å²) in [5, 5.41) is 8.96. The van der Waals surface area contributed by atoms with Gasteiger partial charge in [0.15, 0.2) is 0 Å². The number of benzene rings is 1. The highest BCUT2D eigenvalue weighted by molar-refractivity contribution is 5.91. The first-order valence-electron chi connectivity index (χ1n) is 5.80. The maximum Gasteiger partial charge on any atom is 0.328 e. The highest BCUT2D eigenvalue weighted by Gasteiger charge is 2.25. The molecule has 0 unspecified atom stereocenters. The molecule has 1 aliphatic rings. The number of methoxy groups -OCH3 is 1. The molecule has 2 rings (SSSR count). The zero-order chi connectivity index (χ0) is 12.3. The minimum Gasteiger partial charge on any atom is -0.496 e. The number of allylic oxidation sites excluding steroid dienone is 1. The molecule has 17 heavy (non-hydrogen) atoms. The van der Waals surface area contributed by atoms with Crippen LogP contribution in [0, 0.1) is 5.92 Å². The van der Waals surface area contributed by atoms with Crippen molar-refractivity contribution in [3.8, 4) is 5.75 Å². The van der Waals surface area contributed by atoms with Crippen molar-refractivity contribution in [2.75, 3.05) is 7.11 Å². The smallest absolute Gasteiger partial charge is 0.328 e. The number of rotatable bonds is 4. The molecule has 0 aliphatic heterocycles. The van der Waals surface area contributed by atoms with E-state index in [9.17, 15) is 4.79 Å². The number of aliphatic carboxylic acids is 1. The first-order chi connectivity index (χ1) is 8.22. The van der Waals surface area contributed by atoms with Gasteiger partial charge in [-0.1, -0.05) is 24.6 Å². The molecule has 0 spiro atoms. The maximum absolute atomic E-state index is 10.9. The molecule has 0 atom stereocenters. The number of carboxylic acids is 1. The van der Waals surface area contributed by atoms with E-state index in [2.05, 4.69) is 0 Å². The fourth-order valence-electron chi connectivity index (χ4n) is 2.15. The van der Waals surface area contributed by atoms with Crippen molar-refractivity contribution in [3.63, 3.8) is 0 Å². The van der Waals surface area contributed by atoms with Crippen LogP contribution in [0.4, 0.5) is 0 Å². The van der Waals surface area contributed by atoms with Crippen LogP contribution in [0.15, 0.2) is 30.3 Å². The molecule has 0 aromatic heterocycles. The van der Waals surface area contributed by atoms with Crippen molar-refractivity contribution in [1.82, 2.24) is 0 Å². The molecule has 90 valence electrons. The Morgan fingerprint density at radius 2 is 2.12 bits per heavy atom. The summed E-state index contributed by atoms with van der Waals surface area (Å²) in [6, 6.07) is 7.59. The summed E-state index contributed by atoms with van der Waals surface area (Å²) in [5.74, 6) is 0.215. The Bertz CT molecular complexity index is 445. The molecule has 0 amide bonds. The highest BCUT2D eigenvalue weighted by Crippen LogP contribution is 2.41. The lowest BCUT2D eigenvalue weighted by molar-refractivity contribution is -0.131. The van der Waals surface area contributed by atoms with E-state index >= 15 is 0 Å². The van der Waals surface area contributed by atoms with E-state index in [-0.39, 0.29) is 0 Å². The molecule has 3 nitrogen and oxygen atoms in total. The third-order valence-electron chi connectivity index (χ3n) is 3.24. The van der Waals surface area contributed by atoms with Crippen LogP contribution in [0.25, 0.3) is 5.57 Å². The summed E-state index contributed by atoms with van der Waals surface area (Å²) in [6.07, 6.45) is 4.63. The van der Waals surface area contributed by atoms with E-state index < -0.39 is 5.97 Å². The molecular formula is C14H16O3. The standard InChI is InChI=1S/C14H16O3/c1-17-13-8-3-2-7-11(13)12(9-14(15)16)10-5-4-6-10/h2-3,7-10H,4-6H2,1H3,(H,15,16)/b12-9+. The van der Waals surface area contributed by atoms with Crippen molar-refractivity contribution in [1.29, 1.82) is 0 Å². The first kappa shape index (κ1) is 11.7. The Kier molecular flexibility index (Phi) is 3.47. The summed E-state index contributed by atoms with van der Waals surface area (Å²) in [6.45, 7) is 0. The van der Waals surface area contributed by atoms with Crippen LogP contribution < -0.4 is 4.74 Å². The lowest BCUT2D eigenvalue weighted by Crippen LogP contribution is -2.14. The minimum absolute atomic E-state index is 0.363. The van der Waals surface area contributed by atoms with E-state index in [1.807, 2.05) is 24.3 Å². The predicted molar refractivity (Wildman–Crippen MR) is 65.9 cm³/mol. The van der Waals surface area contributed by atoms with Gasteiger partial charge in [0.05, 0.1) is 7.11 Å². The summed E-state index contributed by atoms with van der Waals surface area (Å²) in [4.78, 5) is 10.9. The predicted octanol–water partition coefficient (Wildman–Crippen LogP) is 2.96. The first-order valence-corrected chi connectivity index (χ1v) is 5.80. The zero-order valence-electron chi connectivity index (χ0n) is 9.85. The van der Waals surface area contributed by atoms with Gasteiger partial charge in [0.1, 0.15) is 5.75 Å². The molecule has 1 aromatic carbocycles. The van der Waals surface area contributed by atoms with E-state index in [1.54, 1.807) is 7.11 Å². The Morgan fingerprint density at radius 3 is 2.65 bits per heavy atom. The highest BCUT2D eigenvalue weighted by atomic mass is 16.5. The Hall–Kier alpha value is -1.77. The number of ether oxygens (including phenoxy) is 1.